The zero-order valence-electron chi connectivity index (χ0n) is 7.51. The third-order valence-corrected chi connectivity index (χ3v) is 1.81. The van der Waals surface area contributed by atoms with Gasteiger partial charge in [-0.2, -0.15) is 0 Å². The third kappa shape index (κ3) is 2.58. The molecule has 0 amide bonds. The van der Waals surface area contributed by atoms with Gasteiger partial charge in [-0.25, -0.2) is 0 Å². The minimum atomic E-state index is 0.801. The van der Waals surface area contributed by atoms with E-state index in [1.807, 2.05) is 27.7 Å². The minimum absolute atomic E-state index is 0.801. The smallest absolute Gasteiger partial charge is 0.147 e. The van der Waals surface area contributed by atoms with Crippen molar-refractivity contribution in [2.75, 3.05) is 0 Å². The van der Waals surface area contributed by atoms with E-state index < -0.39 is 0 Å². The van der Waals surface area contributed by atoms with Gasteiger partial charge in [-0.15, -0.1) is 12.6 Å². The van der Waals surface area contributed by atoms with Gasteiger partial charge in [0.25, 0.3) is 0 Å². The number of thiol groups is 1. The highest BCUT2D eigenvalue weighted by molar-refractivity contribution is 7.80. The van der Waals surface area contributed by atoms with Gasteiger partial charge < -0.3 is 4.52 Å². The molecule has 1 rings (SSSR count). The summed E-state index contributed by atoms with van der Waals surface area (Å²) in [4.78, 5) is 0.887. The van der Waals surface area contributed by atoms with E-state index in [0.29, 0.717) is 0 Å². The van der Waals surface area contributed by atoms with Crippen LogP contribution in [0, 0.1) is 6.92 Å². The number of nitrogens with zero attached hydrogens (tertiary/aromatic N) is 1. The van der Waals surface area contributed by atoms with Crippen molar-refractivity contribution in [3.63, 3.8) is 0 Å². The summed E-state index contributed by atoms with van der Waals surface area (Å²) >= 11 is 4.19. The summed E-state index contributed by atoms with van der Waals surface area (Å²) in [7, 11) is 0. The molecule has 1 aromatic heterocycles. The van der Waals surface area contributed by atoms with Gasteiger partial charge in [-0.3, -0.25) is 0 Å². The van der Waals surface area contributed by atoms with Gasteiger partial charge in [0, 0.05) is 0 Å². The summed E-state index contributed by atoms with van der Waals surface area (Å²) in [5.41, 5.74) is 0.941. The van der Waals surface area contributed by atoms with Gasteiger partial charge in [0.15, 0.2) is 0 Å². The van der Waals surface area contributed by atoms with E-state index in [1.54, 1.807) is 0 Å². The summed E-state index contributed by atoms with van der Waals surface area (Å²) in [5.74, 6) is 0.801. The van der Waals surface area contributed by atoms with E-state index in [-0.39, 0.29) is 0 Å². The topological polar surface area (TPSA) is 26.0 Å². The molecule has 0 aliphatic carbocycles. The van der Waals surface area contributed by atoms with Crippen molar-refractivity contribution in [3.8, 4) is 0 Å². The summed E-state index contributed by atoms with van der Waals surface area (Å²) in [6.07, 6.45) is 0.885. The first-order valence-corrected chi connectivity index (χ1v) is 4.34. The lowest BCUT2D eigenvalue weighted by molar-refractivity contribution is 0.389. The summed E-state index contributed by atoms with van der Waals surface area (Å²) in [5, 5.41) is 3.78. The van der Waals surface area contributed by atoms with Crippen molar-refractivity contribution in [2.45, 2.75) is 39.0 Å². The van der Waals surface area contributed by atoms with Crippen LogP contribution in [-0.4, -0.2) is 5.16 Å². The quantitative estimate of drug-likeness (QED) is 0.661. The zero-order chi connectivity index (χ0) is 8.85. The molecule has 0 aliphatic heterocycles. The lowest BCUT2D eigenvalue weighted by atomic mass is 10.3. The molecule has 1 heterocycles. The van der Waals surface area contributed by atoms with E-state index in [4.69, 9.17) is 4.52 Å². The molecule has 0 radical (unpaired) electrons. The molecule has 0 saturated carbocycles. The molecule has 0 fully saturated rings. The van der Waals surface area contributed by atoms with Crippen molar-refractivity contribution in [1.82, 2.24) is 5.16 Å². The first kappa shape index (κ1) is 10.6. The molecule has 0 aliphatic rings. The maximum absolute atomic E-state index is 4.86. The molecule has 0 bridgehead atoms. The van der Waals surface area contributed by atoms with Crippen LogP contribution >= 0.6 is 12.6 Å². The average molecular weight is 173 g/mol. The molecular weight excluding hydrogens is 158 g/mol. The zero-order valence-corrected chi connectivity index (χ0v) is 8.40. The molecular formula is C8H15NOS. The molecule has 0 unspecified atom stereocenters. The first-order chi connectivity index (χ1) is 5.25. The van der Waals surface area contributed by atoms with E-state index >= 15 is 0 Å². The van der Waals surface area contributed by atoms with Crippen LogP contribution in [0.4, 0.5) is 0 Å². The van der Waals surface area contributed by atoms with Crippen LogP contribution in [0.25, 0.3) is 0 Å². The van der Waals surface area contributed by atoms with Gasteiger partial charge in [0.2, 0.25) is 0 Å². The van der Waals surface area contributed by atoms with Crippen molar-refractivity contribution in [3.05, 3.63) is 11.5 Å². The van der Waals surface area contributed by atoms with E-state index in [0.717, 1.165) is 22.8 Å². The van der Waals surface area contributed by atoms with Gasteiger partial charge in [-0.05, 0) is 13.3 Å². The molecule has 3 heteroatoms. The molecule has 0 aromatic carbocycles. The van der Waals surface area contributed by atoms with Crippen molar-refractivity contribution >= 4 is 12.6 Å². The Balaban J connectivity index is 0.000000461. The Labute approximate surface area is 73.4 Å². The summed E-state index contributed by atoms with van der Waals surface area (Å²) < 4.78 is 4.86. The number of rotatable bonds is 1. The Morgan fingerprint density at radius 2 is 2.00 bits per heavy atom. The molecule has 0 N–H and O–H groups in total. The minimum Gasteiger partial charge on any atom is -0.360 e. The second-order valence-electron chi connectivity index (χ2n) is 1.89. The fourth-order valence-corrected chi connectivity index (χ4v) is 0.885. The number of hydrogen-bond acceptors (Lipinski definition) is 3. The lowest BCUT2D eigenvalue weighted by Crippen LogP contribution is -1.78. The number of aromatic nitrogens is 1. The standard InChI is InChI=1S/C6H9NOS.C2H6/c1-3-5-6(9)4(2)8-7-5;1-2/h9H,3H2,1-2H3;1-2H3. The van der Waals surface area contributed by atoms with Crippen LogP contribution in [0.1, 0.15) is 32.2 Å². The summed E-state index contributed by atoms with van der Waals surface area (Å²) in [6, 6.07) is 0. The lowest BCUT2D eigenvalue weighted by Gasteiger charge is -1.84. The van der Waals surface area contributed by atoms with Crippen molar-refractivity contribution < 1.29 is 4.52 Å². The molecule has 0 saturated heterocycles. The normalized spacial score (nSPS) is 8.82. The SMILES string of the molecule is CC.CCc1noc(C)c1S. The van der Waals surface area contributed by atoms with Crippen LogP contribution in [0.2, 0.25) is 0 Å². The second kappa shape index (κ2) is 5.24. The maximum atomic E-state index is 4.86. The highest BCUT2D eigenvalue weighted by Gasteiger charge is 2.04. The summed E-state index contributed by atoms with van der Waals surface area (Å²) in [6.45, 7) is 7.88. The molecule has 64 valence electrons. The van der Waals surface area contributed by atoms with Crippen LogP contribution in [0.3, 0.4) is 0 Å². The van der Waals surface area contributed by atoms with Crippen LogP contribution in [0.15, 0.2) is 9.42 Å². The number of hydrogen-bond donors (Lipinski definition) is 1. The van der Waals surface area contributed by atoms with E-state index in [2.05, 4.69) is 17.8 Å². The average Bonchev–Trinajstić information content (AvgIpc) is 2.37. The molecule has 0 spiro atoms. The van der Waals surface area contributed by atoms with Crippen LogP contribution < -0.4 is 0 Å². The van der Waals surface area contributed by atoms with Gasteiger partial charge >= 0.3 is 0 Å². The molecule has 1 aromatic rings. The third-order valence-electron chi connectivity index (χ3n) is 1.23. The van der Waals surface area contributed by atoms with E-state index in [9.17, 15) is 0 Å². The van der Waals surface area contributed by atoms with Crippen LogP contribution in [0.5, 0.6) is 0 Å². The molecule has 11 heavy (non-hydrogen) atoms. The van der Waals surface area contributed by atoms with Gasteiger partial charge in [0.05, 0.1) is 10.6 Å². The molecule has 2 nitrogen and oxygen atoms in total. The number of aryl methyl sites for hydroxylation is 2. The van der Waals surface area contributed by atoms with Crippen molar-refractivity contribution in [1.29, 1.82) is 0 Å². The highest BCUT2D eigenvalue weighted by Crippen LogP contribution is 2.16. The van der Waals surface area contributed by atoms with E-state index in [1.165, 1.54) is 0 Å². The Hall–Kier alpha value is -0.440. The fourth-order valence-electron chi connectivity index (χ4n) is 0.645. The predicted octanol–water partition coefficient (Wildman–Crippen LogP) is 2.86. The highest BCUT2D eigenvalue weighted by atomic mass is 32.1. The largest absolute Gasteiger partial charge is 0.360 e. The van der Waals surface area contributed by atoms with Gasteiger partial charge in [0.1, 0.15) is 5.76 Å². The van der Waals surface area contributed by atoms with Crippen LogP contribution in [-0.2, 0) is 6.42 Å². The predicted molar refractivity (Wildman–Crippen MR) is 49.2 cm³/mol. The fraction of sp³-hybridized carbons (Fsp3) is 0.625. The Bertz CT molecular complexity index is 208. The Morgan fingerprint density at radius 3 is 2.18 bits per heavy atom. The Morgan fingerprint density at radius 1 is 1.45 bits per heavy atom. The first-order valence-electron chi connectivity index (χ1n) is 3.89. The monoisotopic (exact) mass is 173 g/mol. The second-order valence-corrected chi connectivity index (χ2v) is 2.33. The molecule has 0 atom stereocenters. The van der Waals surface area contributed by atoms with Gasteiger partial charge in [-0.1, -0.05) is 25.9 Å². The Kier molecular flexibility index (Phi) is 5.03. The van der Waals surface area contributed by atoms with Crippen molar-refractivity contribution in [2.24, 2.45) is 0 Å². The maximum Gasteiger partial charge on any atom is 0.147 e.